The first kappa shape index (κ1) is 14.3. The molecule has 0 spiro atoms. The number of hydrogen-bond donors (Lipinski definition) is 3. The number of aromatic nitrogens is 2. The van der Waals surface area contributed by atoms with Gasteiger partial charge in [0.05, 0.1) is 10.7 Å². The van der Waals surface area contributed by atoms with Crippen molar-refractivity contribution in [1.82, 2.24) is 10.2 Å². The number of halogens is 2. The fourth-order valence-corrected chi connectivity index (χ4v) is 2.90. The molecule has 20 heavy (non-hydrogen) atoms. The lowest BCUT2D eigenvalue weighted by molar-refractivity contribution is 0.600. The molecule has 4 N–H and O–H groups in total. The Morgan fingerprint density at radius 3 is 2.65 bits per heavy atom. The minimum absolute atomic E-state index is 0.122. The lowest BCUT2D eigenvalue weighted by Crippen LogP contribution is -2.17. The molecule has 106 valence electrons. The summed E-state index contributed by atoms with van der Waals surface area (Å²) in [6.45, 7) is 0. The number of rotatable bonds is 3. The van der Waals surface area contributed by atoms with Crippen LogP contribution in [0.5, 0.6) is 0 Å². The maximum atomic E-state index is 13.1. The molecule has 0 saturated carbocycles. The molecule has 0 unspecified atom stereocenters. The van der Waals surface area contributed by atoms with Crippen molar-refractivity contribution in [2.24, 2.45) is 0 Å². The van der Waals surface area contributed by atoms with Crippen LogP contribution in [0, 0.1) is 5.82 Å². The number of sulfonamides is 1. The van der Waals surface area contributed by atoms with E-state index in [-0.39, 0.29) is 16.5 Å². The number of nitrogen functional groups attached to an aromatic ring is 1. The molecular formula is C10H8ClFN4O3S. The second kappa shape index (κ2) is 5.10. The van der Waals surface area contributed by atoms with Gasteiger partial charge in [0.1, 0.15) is 10.7 Å². The monoisotopic (exact) mass is 318 g/mol. The third-order valence-corrected chi connectivity index (χ3v) is 4.08. The average Bonchev–Trinajstić information content (AvgIpc) is 2.36. The Morgan fingerprint density at radius 1 is 1.35 bits per heavy atom. The Bertz CT molecular complexity index is 801. The van der Waals surface area contributed by atoms with E-state index in [4.69, 9.17) is 17.3 Å². The van der Waals surface area contributed by atoms with Crippen LogP contribution in [-0.2, 0) is 10.0 Å². The molecule has 0 aliphatic carbocycles. The molecule has 1 aromatic carbocycles. The summed E-state index contributed by atoms with van der Waals surface area (Å²) in [6, 6.07) is 3.94. The van der Waals surface area contributed by atoms with E-state index in [0.29, 0.717) is 0 Å². The first-order valence-corrected chi connectivity index (χ1v) is 6.99. The van der Waals surface area contributed by atoms with Crippen molar-refractivity contribution in [3.63, 3.8) is 0 Å². The molecule has 0 radical (unpaired) electrons. The van der Waals surface area contributed by atoms with Gasteiger partial charge in [0, 0.05) is 6.07 Å². The molecule has 0 atom stereocenters. The number of H-pyrrole nitrogens is 1. The Labute approximate surface area is 117 Å². The van der Waals surface area contributed by atoms with Gasteiger partial charge in [-0.2, -0.15) is 5.10 Å². The molecule has 0 fully saturated rings. The summed E-state index contributed by atoms with van der Waals surface area (Å²) in [7, 11) is -4.11. The zero-order valence-electron chi connectivity index (χ0n) is 9.72. The van der Waals surface area contributed by atoms with Gasteiger partial charge in [-0.05, 0) is 18.2 Å². The summed E-state index contributed by atoms with van der Waals surface area (Å²) in [4.78, 5) is 10.4. The summed E-state index contributed by atoms with van der Waals surface area (Å²) in [5, 5.41) is 5.22. The van der Waals surface area contributed by atoms with Crippen LogP contribution in [0.25, 0.3) is 0 Å². The van der Waals surface area contributed by atoms with Crippen molar-refractivity contribution < 1.29 is 12.8 Å². The van der Waals surface area contributed by atoms with Crippen LogP contribution in [-0.4, -0.2) is 18.6 Å². The zero-order valence-corrected chi connectivity index (χ0v) is 11.3. The highest BCUT2D eigenvalue weighted by molar-refractivity contribution is 7.92. The van der Waals surface area contributed by atoms with Crippen LogP contribution in [0.15, 0.2) is 34.0 Å². The van der Waals surface area contributed by atoms with Crippen LogP contribution in [0.2, 0.25) is 5.02 Å². The van der Waals surface area contributed by atoms with Gasteiger partial charge >= 0.3 is 0 Å². The average molecular weight is 319 g/mol. The summed E-state index contributed by atoms with van der Waals surface area (Å²) in [5.74, 6) is -0.945. The van der Waals surface area contributed by atoms with Gasteiger partial charge in [-0.25, -0.2) is 17.9 Å². The quantitative estimate of drug-likeness (QED) is 0.728. The molecule has 0 aliphatic rings. The van der Waals surface area contributed by atoms with E-state index >= 15 is 0 Å². The Hall–Kier alpha value is -2.13. The molecule has 10 heteroatoms. The number of hydrogen-bond acceptors (Lipinski definition) is 5. The van der Waals surface area contributed by atoms with E-state index in [9.17, 15) is 17.6 Å². The highest BCUT2D eigenvalue weighted by Gasteiger charge is 2.20. The number of nitrogens with zero attached hydrogens (tertiary/aromatic N) is 1. The minimum atomic E-state index is -4.11. The van der Waals surface area contributed by atoms with E-state index in [1.807, 2.05) is 0 Å². The van der Waals surface area contributed by atoms with Crippen molar-refractivity contribution in [3.05, 3.63) is 45.5 Å². The SMILES string of the molecule is Nc1cc(S(=O)(=O)Nc2ccc(=O)[nH]n2)c(Cl)cc1F. The number of nitrogens with two attached hydrogens (primary N) is 1. The molecule has 2 aromatic rings. The second-order valence-corrected chi connectivity index (χ2v) is 5.77. The van der Waals surface area contributed by atoms with E-state index in [1.165, 1.54) is 0 Å². The summed E-state index contributed by atoms with van der Waals surface area (Å²) >= 11 is 5.68. The second-order valence-electron chi connectivity index (χ2n) is 3.72. The maximum absolute atomic E-state index is 13.1. The molecule has 0 aliphatic heterocycles. The van der Waals surface area contributed by atoms with Crippen LogP contribution in [0.3, 0.4) is 0 Å². The molecule has 0 bridgehead atoms. The number of nitrogens with one attached hydrogen (secondary N) is 2. The van der Waals surface area contributed by atoms with Crippen molar-refractivity contribution in [3.8, 4) is 0 Å². The van der Waals surface area contributed by atoms with Crippen LogP contribution < -0.4 is 16.0 Å². The normalized spacial score (nSPS) is 11.3. The predicted molar refractivity (Wildman–Crippen MR) is 71.5 cm³/mol. The zero-order chi connectivity index (χ0) is 14.9. The highest BCUT2D eigenvalue weighted by Crippen LogP contribution is 2.27. The smallest absolute Gasteiger partial charge is 0.264 e. The fraction of sp³-hybridized carbons (Fsp3) is 0. The predicted octanol–water partition coefficient (Wildman–Crippen LogP) is 0.945. The van der Waals surface area contributed by atoms with E-state index < -0.39 is 26.3 Å². The van der Waals surface area contributed by atoms with Gasteiger partial charge in [-0.1, -0.05) is 11.6 Å². The fourth-order valence-electron chi connectivity index (χ4n) is 1.34. The summed E-state index contributed by atoms with van der Waals surface area (Å²) in [6.07, 6.45) is 0. The van der Waals surface area contributed by atoms with Gasteiger partial charge in [-0.15, -0.1) is 0 Å². The number of aromatic amines is 1. The molecule has 2 rings (SSSR count). The number of anilines is 2. The van der Waals surface area contributed by atoms with Crippen molar-refractivity contribution >= 4 is 33.1 Å². The van der Waals surface area contributed by atoms with Gasteiger partial charge in [0.2, 0.25) is 0 Å². The lowest BCUT2D eigenvalue weighted by Gasteiger charge is -2.09. The third-order valence-electron chi connectivity index (χ3n) is 2.26. The van der Waals surface area contributed by atoms with Gasteiger partial charge in [0.25, 0.3) is 15.6 Å². The van der Waals surface area contributed by atoms with E-state index in [2.05, 4.69) is 14.9 Å². The summed E-state index contributed by atoms with van der Waals surface area (Å²) in [5.41, 5.74) is 4.46. The lowest BCUT2D eigenvalue weighted by atomic mass is 10.3. The first-order valence-electron chi connectivity index (χ1n) is 5.12. The van der Waals surface area contributed by atoms with Gasteiger partial charge < -0.3 is 5.73 Å². The standard InChI is InChI=1S/C10H8ClFN4O3S/c11-5-3-6(12)7(13)4-8(5)20(18,19)16-9-1-2-10(17)15-14-9/h1-4H,13H2,(H,14,16)(H,15,17). The van der Waals surface area contributed by atoms with Gasteiger partial charge in [-0.3, -0.25) is 9.52 Å². The third kappa shape index (κ3) is 2.89. The molecule has 0 saturated heterocycles. The summed E-state index contributed by atoms with van der Waals surface area (Å²) < 4.78 is 39.4. The van der Waals surface area contributed by atoms with Gasteiger partial charge in [0.15, 0.2) is 5.82 Å². The van der Waals surface area contributed by atoms with Crippen LogP contribution >= 0.6 is 11.6 Å². The van der Waals surface area contributed by atoms with Crippen molar-refractivity contribution in [1.29, 1.82) is 0 Å². The van der Waals surface area contributed by atoms with Crippen molar-refractivity contribution in [2.45, 2.75) is 4.90 Å². The first-order chi connectivity index (χ1) is 9.29. The minimum Gasteiger partial charge on any atom is -0.396 e. The molecular weight excluding hydrogens is 311 g/mol. The topological polar surface area (TPSA) is 118 Å². The van der Waals surface area contributed by atoms with Crippen LogP contribution in [0.4, 0.5) is 15.9 Å². The van der Waals surface area contributed by atoms with Crippen LogP contribution in [0.1, 0.15) is 0 Å². The molecule has 1 heterocycles. The van der Waals surface area contributed by atoms with E-state index in [1.54, 1.807) is 0 Å². The molecule has 7 nitrogen and oxygen atoms in total. The Balaban J connectivity index is 2.43. The van der Waals surface area contributed by atoms with E-state index in [0.717, 1.165) is 24.3 Å². The molecule has 1 aromatic heterocycles. The number of benzene rings is 1. The van der Waals surface area contributed by atoms with Crippen molar-refractivity contribution in [2.75, 3.05) is 10.5 Å². The largest absolute Gasteiger partial charge is 0.396 e. The Morgan fingerprint density at radius 2 is 2.05 bits per heavy atom. The Kier molecular flexibility index (Phi) is 3.64. The molecule has 0 amide bonds. The highest BCUT2D eigenvalue weighted by atomic mass is 35.5. The maximum Gasteiger partial charge on any atom is 0.264 e.